The second-order valence-corrected chi connectivity index (χ2v) is 10.3. The van der Waals surface area contributed by atoms with Crippen molar-refractivity contribution in [3.63, 3.8) is 0 Å². The first-order valence-electron chi connectivity index (χ1n) is 8.46. The van der Waals surface area contributed by atoms with Crippen LogP contribution in [0.2, 0.25) is 0 Å². The molecule has 1 aliphatic carbocycles. The van der Waals surface area contributed by atoms with Crippen LogP contribution in [0.5, 0.6) is 0 Å². The average Bonchev–Trinajstić information content (AvgIpc) is 2.61. The Morgan fingerprint density at radius 2 is 2.00 bits per heavy atom. The second kappa shape index (κ2) is 7.09. The predicted molar refractivity (Wildman–Crippen MR) is 100 cm³/mol. The van der Waals surface area contributed by atoms with Crippen LogP contribution in [0.4, 0.5) is 0 Å². The van der Waals surface area contributed by atoms with Gasteiger partial charge in [-0.05, 0) is 62.6 Å². The van der Waals surface area contributed by atoms with Crippen LogP contribution < -0.4 is 5.44 Å². The van der Waals surface area contributed by atoms with Crippen LogP contribution in [-0.2, 0) is 0 Å². The lowest BCUT2D eigenvalue weighted by atomic mass is 9.97. The Hall–Kier alpha value is -0.940. The van der Waals surface area contributed by atoms with Gasteiger partial charge in [-0.1, -0.05) is 57.9 Å². The average molecular weight is 315 g/mol. The second-order valence-electron chi connectivity index (χ2n) is 7.36. The van der Waals surface area contributed by atoms with Crippen LogP contribution in [0.15, 0.2) is 46.9 Å². The van der Waals surface area contributed by atoms with Crippen molar-refractivity contribution in [2.75, 3.05) is 0 Å². The predicted octanol–water partition coefficient (Wildman–Crippen LogP) is 6.03. The zero-order valence-electron chi connectivity index (χ0n) is 15.0. The number of allylic oxidation sites excluding steroid dienone is 4. The first kappa shape index (κ1) is 17.4. The highest BCUT2D eigenvalue weighted by Crippen LogP contribution is 2.57. The van der Waals surface area contributed by atoms with E-state index < -0.39 is 7.92 Å². The third kappa shape index (κ3) is 3.87. The first-order valence-corrected chi connectivity index (χ1v) is 9.80. The summed E-state index contributed by atoms with van der Waals surface area (Å²) in [7, 11) is -0.438. The summed E-state index contributed by atoms with van der Waals surface area (Å²) >= 11 is 0. The molecule has 2 rings (SSSR count). The van der Waals surface area contributed by atoms with E-state index in [-0.39, 0.29) is 5.16 Å². The zero-order valence-corrected chi connectivity index (χ0v) is 15.9. The van der Waals surface area contributed by atoms with E-state index in [4.69, 9.17) is 4.98 Å². The molecule has 0 aliphatic heterocycles. The number of hydrogen-bond acceptors (Lipinski definition) is 1. The molecular weight excluding hydrogens is 285 g/mol. The van der Waals surface area contributed by atoms with Crippen molar-refractivity contribution in [2.45, 2.75) is 66.0 Å². The highest BCUT2D eigenvalue weighted by Gasteiger charge is 2.32. The molecule has 1 heterocycles. The SMILES string of the molecule is CCC1=CC([P@@](c2ccccn2)C(C)(C)C)=C(C)C(C)CC1. The Bertz CT molecular complexity index is 563. The fourth-order valence-corrected chi connectivity index (χ4v) is 6.04. The molecule has 0 saturated carbocycles. The summed E-state index contributed by atoms with van der Waals surface area (Å²) in [4.78, 5) is 4.73. The Balaban J connectivity index is 2.60. The van der Waals surface area contributed by atoms with Gasteiger partial charge in [0.15, 0.2) is 0 Å². The van der Waals surface area contributed by atoms with E-state index in [1.54, 1.807) is 16.5 Å². The van der Waals surface area contributed by atoms with E-state index in [9.17, 15) is 0 Å². The van der Waals surface area contributed by atoms with Gasteiger partial charge in [-0.25, -0.2) is 0 Å². The molecule has 1 unspecified atom stereocenters. The van der Waals surface area contributed by atoms with Gasteiger partial charge in [0.2, 0.25) is 0 Å². The van der Waals surface area contributed by atoms with Crippen LogP contribution in [0, 0.1) is 5.92 Å². The molecule has 0 aromatic carbocycles. The fraction of sp³-hybridized carbons (Fsp3) is 0.550. The topological polar surface area (TPSA) is 12.9 Å². The number of pyridine rings is 1. The van der Waals surface area contributed by atoms with Crippen molar-refractivity contribution < 1.29 is 0 Å². The number of nitrogens with zero attached hydrogens (tertiary/aromatic N) is 1. The molecule has 0 bridgehead atoms. The lowest BCUT2D eigenvalue weighted by Crippen LogP contribution is -2.22. The molecular formula is C20H30NP. The Kier molecular flexibility index (Phi) is 5.61. The Morgan fingerprint density at radius 1 is 1.27 bits per heavy atom. The lowest BCUT2D eigenvalue weighted by Gasteiger charge is -2.33. The maximum Gasteiger partial charge on any atom is 0.0681 e. The molecule has 1 aromatic rings. The maximum absolute atomic E-state index is 4.73. The van der Waals surface area contributed by atoms with Gasteiger partial charge >= 0.3 is 0 Å². The standard InChI is InChI=1S/C20H30NP/c1-7-17-12-11-15(2)16(3)18(14-17)22(20(4,5)6)19-10-8-9-13-21-19/h8-10,13-15H,7,11-12H2,1-6H3/t15?,22-/m0/s1. The summed E-state index contributed by atoms with van der Waals surface area (Å²) < 4.78 is 0. The minimum atomic E-state index is -0.438. The molecule has 1 aromatic heterocycles. The molecule has 1 aliphatic rings. The van der Waals surface area contributed by atoms with Gasteiger partial charge in [-0.2, -0.15) is 0 Å². The molecule has 2 heteroatoms. The first-order chi connectivity index (χ1) is 10.3. The van der Waals surface area contributed by atoms with Crippen LogP contribution in [0.3, 0.4) is 0 Å². The van der Waals surface area contributed by atoms with E-state index in [2.05, 4.69) is 59.8 Å². The molecule has 2 atom stereocenters. The lowest BCUT2D eigenvalue weighted by molar-refractivity contribution is 0.610. The molecule has 0 radical (unpaired) electrons. The van der Waals surface area contributed by atoms with E-state index >= 15 is 0 Å². The molecule has 120 valence electrons. The monoisotopic (exact) mass is 315 g/mol. The minimum Gasteiger partial charge on any atom is -0.256 e. The normalized spacial score (nSPS) is 21.4. The Labute approximate surface area is 137 Å². The van der Waals surface area contributed by atoms with Crippen LogP contribution in [0.1, 0.15) is 60.8 Å². The van der Waals surface area contributed by atoms with Crippen molar-refractivity contribution in [1.29, 1.82) is 0 Å². The minimum absolute atomic E-state index is 0.222. The number of hydrogen-bond donors (Lipinski definition) is 0. The Morgan fingerprint density at radius 3 is 2.55 bits per heavy atom. The molecule has 0 saturated heterocycles. The summed E-state index contributed by atoms with van der Waals surface area (Å²) in [6, 6.07) is 6.36. The summed E-state index contributed by atoms with van der Waals surface area (Å²) in [5.74, 6) is 0.673. The van der Waals surface area contributed by atoms with E-state index in [1.165, 1.54) is 24.7 Å². The van der Waals surface area contributed by atoms with Crippen LogP contribution in [-0.4, -0.2) is 10.1 Å². The van der Waals surface area contributed by atoms with E-state index in [1.807, 2.05) is 12.3 Å². The van der Waals surface area contributed by atoms with Crippen molar-refractivity contribution in [1.82, 2.24) is 4.98 Å². The molecule has 1 nitrogen and oxygen atoms in total. The van der Waals surface area contributed by atoms with Crippen molar-refractivity contribution >= 4 is 13.4 Å². The summed E-state index contributed by atoms with van der Waals surface area (Å²) in [5, 5.41) is 1.79. The quantitative estimate of drug-likeness (QED) is 0.621. The van der Waals surface area contributed by atoms with Gasteiger partial charge in [0, 0.05) is 6.20 Å². The van der Waals surface area contributed by atoms with Crippen molar-refractivity contribution in [3.05, 3.63) is 46.9 Å². The summed E-state index contributed by atoms with van der Waals surface area (Å²) in [6.45, 7) is 14.1. The van der Waals surface area contributed by atoms with Crippen LogP contribution >= 0.6 is 7.92 Å². The number of aromatic nitrogens is 1. The van der Waals surface area contributed by atoms with Gasteiger partial charge in [0.1, 0.15) is 0 Å². The molecule has 0 amide bonds. The third-order valence-corrected chi connectivity index (χ3v) is 7.65. The maximum atomic E-state index is 4.73. The van der Waals surface area contributed by atoms with Gasteiger partial charge in [-0.3, -0.25) is 4.98 Å². The van der Waals surface area contributed by atoms with Gasteiger partial charge in [0.25, 0.3) is 0 Å². The largest absolute Gasteiger partial charge is 0.256 e. The number of rotatable bonds is 3. The third-order valence-electron chi connectivity index (χ3n) is 4.63. The van der Waals surface area contributed by atoms with Crippen molar-refractivity contribution in [2.24, 2.45) is 5.92 Å². The molecule has 22 heavy (non-hydrogen) atoms. The summed E-state index contributed by atoms with van der Waals surface area (Å²) in [5.41, 5.74) is 4.45. The molecule has 0 spiro atoms. The molecule has 0 fully saturated rings. The highest BCUT2D eigenvalue weighted by atomic mass is 31.1. The fourth-order valence-electron chi connectivity index (χ4n) is 3.08. The van der Waals surface area contributed by atoms with Crippen molar-refractivity contribution in [3.8, 4) is 0 Å². The summed E-state index contributed by atoms with van der Waals surface area (Å²) in [6.07, 6.45) is 8.15. The van der Waals surface area contributed by atoms with E-state index in [0.29, 0.717) is 5.92 Å². The van der Waals surface area contributed by atoms with Gasteiger partial charge in [0.05, 0.1) is 5.44 Å². The highest BCUT2D eigenvalue weighted by molar-refractivity contribution is 7.71. The van der Waals surface area contributed by atoms with E-state index in [0.717, 1.165) is 0 Å². The van der Waals surface area contributed by atoms with Crippen LogP contribution in [0.25, 0.3) is 0 Å². The van der Waals surface area contributed by atoms with Gasteiger partial charge in [-0.15, -0.1) is 0 Å². The smallest absolute Gasteiger partial charge is 0.0681 e. The molecule has 0 N–H and O–H groups in total. The van der Waals surface area contributed by atoms with Gasteiger partial charge < -0.3 is 0 Å². The zero-order chi connectivity index (χ0) is 16.3.